The van der Waals surface area contributed by atoms with Crippen LogP contribution in [0.1, 0.15) is 20.8 Å². The molecule has 0 aromatic heterocycles. The van der Waals surface area contributed by atoms with Crippen LogP contribution in [0.25, 0.3) is 0 Å². The molecule has 1 amide bonds. The predicted molar refractivity (Wildman–Crippen MR) is 75.2 cm³/mol. The van der Waals surface area contributed by atoms with Crippen LogP contribution in [0, 0.1) is 5.41 Å². The average Bonchev–Trinajstić information content (AvgIpc) is 2.21. The Bertz CT molecular complexity index is 429. The molecule has 5 heteroatoms. The normalized spacial score (nSPS) is 13.3. The fourth-order valence-corrected chi connectivity index (χ4v) is 1.68. The zero-order chi connectivity index (χ0) is 13.2. The van der Waals surface area contributed by atoms with Crippen molar-refractivity contribution in [3.8, 4) is 0 Å². The maximum Gasteiger partial charge on any atom is 0.241 e. The van der Waals surface area contributed by atoms with Crippen molar-refractivity contribution in [2.24, 2.45) is 11.1 Å². The van der Waals surface area contributed by atoms with Gasteiger partial charge in [0.05, 0.1) is 11.1 Å². The third-order valence-electron chi connectivity index (χ3n) is 2.40. The van der Waals surface area contributed by atoms with E-state index in [2.05, 4.69) is 21.2 Å². The molecule has 17 heavy (non-hydrogen) atoms. The number of nitrogens with two attached hydrogens (primary N) is 1. The number of benzene rings is 1. The first kappa shape index (κ1) is 14.5. The van der Waals surface area contributed by atoms with Gasteiger partial charge in [0.15, 0.2) is 0 Å². The Hall–Kier alpha value is -0.580. The maximum atomic E-state index is 11.9. The molecule has 1 unspecified atom stereocenters. The molecule has 3 N–H and O–H groups in total. The van der Waals surface area contributed by atoms with E-state index in [0.717, 1.165) is 4.47 Å². The first-order chi connectivity index (χ1) is 7.71. The number of halogens is 2. The second-order valence-electron chi connectivity index (χ2n) is 4.96. The first-order valence-corrected chi connectivity index (χ1v) is 6.40. The Kier molecular flexibility index (Phi) is 4.58. The Morgan fingerprint density at radius 2 is 2.06 bits per heavy atom. The van der Waals surface area contributed by atoms with Crippen LogP contribution < -0.4 is 11.1 Å². The zero-order valence-corrected chi connectivity index (χ0v) is 12.4. The highest BCUT2D eigenvalue weighted by atomic mass is 79.9. The summed E-state index contributed by atoms with van der Waals surface area (Å²) >= 11 is 9.17. The fraction of sp³-hybridized carbons (Fsp3) is 0.417. The number of hydrogen-bond donors (Lipinski definition) is 2. The molecule has 0 bridgehead atoms. The molecular formula is C12H16BrClN2O. The minimum absolute atomic E-state index is 0.202. The minimum atomic E-state index is -0.558. The first-order valence-electron chi connectivity index (χ1n) is 5.23. The van der Waals surface area contributed by atoms with E-state index in [1.165, 1.54) is 0 Å². The fourth-order valence-electron chi connectivity index (χ4n) is 1.19. The SMILES string of the molecule is CC(C)(C)C(N)C(=O)Nc1ccc(Cl)c(Br)c1. The van der Waals surface area contributed by atoms with Crippen molar-refractivity contribution in [3.05, 3.63) is 27.7 Å². The topological polar surface area (TPSA) is 55.1 Å². The lowest BCUT2D eigenvalue weighted by molar-refractivity contribution is -0.119. The van der Waals surface area contributed by atoms with Crippen LogP contribution >= 0.6 is 27.5 Å². The van der Waals surface area contributed by atoms with Gasteiger partial charge >= 0.3 is 0 Å². The molecule has 1 rings (SSSR count). The van der Waals surface area contributed by atoms with Gasteiger partial charge in [-0.1, -0.05) is 32.4 Å². The van der Waals surface area contributed by atoms with Gasteiger partial charge in [0.1, 0.15) is 0 Å². The van der Waals surface area contributed by atoms with Crippen molar-refractivity contribution in [2.45, 2.75) is 26.8 Å². The molecule has 0 spiro atoms. The van der Waals surface area contributed by atoms with E-state index in [1.54, 1.807) is 18.2 Å². The van der Waals surface area contributed by atoms with Crippen molar-refractivity contribution >= 4 is 39.1 Å². The smallest absolute Gasteiger partial charge is 0.241 e. The van der Waals surface area contributed by atoms with Crippen molar-refractivity contribution in [3.63, 3.8) is 0 Å². The lowest BCUT2D eigenvalue weighted by atomic mass is 9.87. The van der Waals surface area contributed by atoms with Crippen LogP contribution in [-0.4, -0.2) is 11.9 Å². The second kappa shape index (κ2) is 5.38. The molecule has 0 aliphatic heterocycles. The highest BCUT2D eigenvalue weighted by molar-refractivity contribution is 9.10. The highest BCUT2D eigenvalue weighted by Crippen LogP contribution is 2.26. The standard InChI is InChI=1S/C12H16BrClN2O/c1-12(2,3)10(15)11(17)16-7-4-5-9(14)8(13)6-7/h4-6,10H,15H2,1-3H3,(H,16,17). The largest absolute Gasteiger partial charge is 0.325 e. The highest BCUT2D eigenvalue weighted by Gasteiger charge is 2.27. The third-order valence-corrected chi connectivity index (χ3v) is 3.62. The van der Waals surface area contributed by atoms with Gasteiger partial charge in [-0.05, 0) is 39.5 Å². The summed E-state index contributed by atoms with van der Waals surface area (Å²) in [4.78, 5) is 11.9. The number of anilines is 1. The Morgan fingerprint density at radius 1 is 1.47 bits per heavy atom. The van der Waals surface area contributed by atoms with E-state index in [1.807, 2.05) is 20.8 Å². The predicted octanol–water partition coefficient (Wildman–Crippen LogP) is 3.41. The number of hydrogen-bond acceptors (Lipinski definition) is 2. The van der Waals surface area contributed by atoms with Crippen molar-refractivity contribution in [1.82, 2.24) is 0 Å². The summed E-state index contributed by atoms with van der Waals surface area (Å²) in [6.07, 6.45) is 0. The molecule has 0 aliphatic rings. The molecule has 0 fully saturated rings. The lowest BCUT2D eigenvalue weighted by Crippen LogP contribution is -2.45. The second-order valence-corrected chi connectivity index (χ2v) is 6.22. The van der Waals surface area contributed by atoms with E-state index in [4.69, 9.17) is 17.3 Å². The van der Waals surface area contributed by atoms with E-state index in [-0.39, 0.29) is 11.3 Å². The quantitative estimate of drug-likeness (QED) is 0.877. The van der Waals surface area contributed by atoms with Crippen LogP contribution in [0.5, 0.6) is 0 Å². The molecule has 0 aliphatic carbocycles. The number of rotatable bonds is 2. The lowest BCUT2D eigenvalue weighted by Gasteiger charge is -2.25. The van der Waals surface area contributed by atoms with Crippen LogP contribution in [-0.2, 0) is 4.79 Å². The van der Waals surface area contributed by atoms with Gasteiger partial charge in [0.25, 0.3) is 0 Å². The van der Waals surface area contributed by atoms with Crippen molar-refractivity contribution in [2.75, 3.05) is 5.32 Å². The number of carbonyl (C=O) groups is 1. The molecule has 94 valence electrons. The molecule has 1 aromatic carbocycles. The molecule has 0 heterocycles. The van der Waals surface area contributed by atoms with Crippen LogP contribution in [0.15, 0.2) is 22.7 Å². The van der Waals surface area contributed by atoms with Gasteiger partial charge in [-0.25, -0.2) is 0 Å². The average molecular weight is 320 g/mol. The molecule has 1 aromatic rings. The van der Waals surface area contributed by atoms with E-state index < -0.39 is 6.04 Å². The Morgan fingerprint density at radius 3 is 2.53 bits per heavy atom. The van der Waals surface area contributed by atoms with E-state index >= 15 is 0 Å². The van der Waals surface area contributed by atoms with Crippen molar-refractivity contribution in [1.29, 1.82) is 0 Å². The summed E-state index contributed by atoms with van der Waals surface area (Å²) in [6.45, 7) is 5.78. The van der Waals surface area contributed by atoms with Crippen LogP contribution in [0.3, 0.4) is 0 Å². The van der Waals surface area contributed by atoms with Crippen LogP contribution in [0.2, 0.25) is 5.02 Å². The number of amides is 1. The third kappa shape index (κ3) is 3.98. The molecule has 0 saturated heterocycles. The number of nitrogens with one attached hydrogen (secondary N) is 1. The van der Waals surface area contributed by atoms with Gasteiger partial charge in [0.2, 0.25) is 5.91 Å². The summed E-state index contributed by atoms with van der Waals surface area (Å²) in [6, 6.07) is 4.64. The minimum Gasteiger partial charge on any atom is -0.325 e. The van der Waals surface area contributed by atoms with Crippen molar-refractivity contribution < 1.29 is 4.79 Å². The van der Waals surface area contributed by atoms with Gasteiger partial charge in [-0.3, -0.25) is 4.79 Å². The molecule has 3 nitrogen and oxygen atoms in total. The van der Waals surface area contributed by atoms with Crippen LogP contribution in [0.4, 0.5) is 5.69 Å². The zero-order valence-electron chi connectivity index (χ0n) is 10.1. The van der Waals surface area contributed by atoms with E-state index in [9.17, 15) is 4.79 Å². The summed E-state index contributed by atoms with van der Waals surface area (Å²) in [5, 5.41) is 3.36. The number of carbonyl (C=O) groups excluding carboxylic acids is 1. The van der Waals surface area contributed by atoms with Gasteiger partial charge in [0, 0.05) is 10.2 Å². The van der Waals surface area contributed by atoms with Gasteiger partial charge in [-0.2, -0.15) is 0 Å². The Balaban J connectivity index is 2.78. The maximum absolute atomic E-state index is 11.9. The van der Waals surface area contributed by atoms with E-state index in [0.29, 0.717) is 10.7 Å². The monoisotopic (exact) mass is 318 g/mol. The Labute approximate surface area is 115 Å². The summed E-state index contributed by atoms with van der Waals surface area (Å²) in [7, 11) is 0. The molecular weight excluding hydrogens is 304 g/mol. The molecule has 0 saturated carbocycles. The molecule has 1 atom stereocenters. The molecule has 0 radical (unpaired) electrons. The summed E-state index contributed by atoms with van der Waals surface area (Å²) in [5.74, 6) is -0.202. The van der Waals surface area contributed by atoms with Gasteiger partial charge < -0.3 is 11.1 Å². The summed E-state index contributed by atoms with van der Waals surface area (Å²) in [5.41, 5.74) is 6.26. The van der Waals surface area contributed by atoms with Gasteiger partial charge in [-0.15, -0.1) is 0 Å². The summed E-state index contributed by atoms with van der Waals surface area (Å²) < 4.78 is 0.737.